The second kappa shape index (κ2) is 6.56. The summed E-state index contributed by atoms with van der Waals surface area (Å²) in [5, 5.41) is 6.73. The molecule has 28 heavy (non-hydrogen) atoms. The Morgan fingerprint density at radius 3 is 2.54 bits per heavy atom. The molecule has 4 rings (SSSR count). The standard InChI is InChI=1S/C21H26ClN3O3/c1-5-11(4)25-18(26)15-14(9-10(2)3)24-21(16(15)19(25)27)12-7-6-8-13(22)17(12)23-20(21)28/h6-8,10-11,14-16,24H,5,9H2,1-4H3,(H,23,28)/t11-,14-,15-,16+,21-/m1/s1. The van der Waals surface area contributed by atoms with Crippen molar-refractivity contribution in [3.63, 3.8) is 0 Å². The van der Waals surface area contributed by atoms with E-state index in [-0.39, 0.29) is 29.8 Å². The third-order valence-electron chi connectivity index (χ3n) is 6.49. The zero-order chi connectivity index (χ0) is 20.4. The highest BCUT2D eigenvalue weighted by Crippen LogP contribution is 2.55. The zero-order valence-corrected chi connectivity index (χ0v) is 17.3. The van der Waals surface area contributed by atoms with Crippen LogP contribution in [0.1, 0.15) is 46.1 Å². The Kier molecular flexibility index (Phi) is 4.55. The first-order valence-electron chi connectivity index (χ1n) is 9.99. The molecule has 0 saturated carbocycles. The van der Waals surface area contributed by atoms with Gasteiger partial charge in [-0.25, -0.2) is 0 Å². The van der Waals surface area contributed by atoms with E-state index in [9.17, 15) is 14.4 Å². The van der Waals surface area contributed by atoms with Crippen molar-refractivity contribution in [3.05, 3.63) is 28.8 Å². The Balaban J connectivity index is 1.89. The molecule has 1 aromatic carbocycles. The molecule has 150 valence electrons. The van der Waals surface area contributed by atoms with E-state index in [0.29, 0.717) is 35.0 Å². The molecule has 5 atom stereocenters. The maximum Gasteiger partial charge on any atom is 0.250 e. The number of fused-ring (bicyclic) bond motifs is 4. The highest BCUT2D eigenvalue weighted by molar-refractivity contribution is 6.35. The van der Waals surface area contributed by atoms with Crippen LogP contribution in [0, 0.1) is 17.8 Å². The molecule has 2 N–H and O–H groups in total. The van der Waals surface area contributed by atoms with Crippen LogP contribution in [0.3, 0.4) is 0 Å². The second-order valence-corrected chi connectivity index (χ2v) is 9.02. The third-order valence-corrected chi connectivity index (χ3v) is 6.81. The van der Waals surface area contributed by atoms with Crippen molar-refractivity contribution >= 4 is 35.0 Å². The minimum atomic E-state index is -1.25. The number of nitrogens with one attached hydrogen (secondary N) is 2. The lowest BCUT2D eigenvalue weighted by Gasteiger charge is -2.31. The van der Waals surface area contributed by atoms with Crippen LogP contribution in [0.25, 0.3) is 0 Å². The summed E-state index contributed by atoms with van der Waals surface area (Å²) in [5.74, 6) is -1.70. The van der Waals surface area contributed by atoms with Gasteiger partial charge in [-0.05, 0) is 31.7 Å². The summed E-state index contributed by atoms with van der Waals surface area (Å²) in [6.07, 6.45) is 1.39. The number of rotatable bonds is 4. The fourth-order valence-corrected chi connectivity index (χ4v) is 5.36. The van der Waals surface area contributed by atoms with Crippen LogP contribution in [0.4, 0.5) is 5.69 Å². The van der Waals surface area contributed by atoms with Crippen molar-refractivity contribution in [2.45, 2.75) is 58.2 Å². The highest BCUT2D eigenvalue weighted by Gasteiger charge is 2.70. The van der Waals surface area contributed by atoms with Crippen LogP contribution in [0.5, 0.6) is 0 Å². The molecule has 3 amide bonds. The molecule has 2 fully saturated rings. The van der Waals surface area contributed by atoms with Gasteiger partial charge in [0.05, 0.1) is 22.5 Å². The Hall–Kier alpha value is -1.92. The molecule has 3 aliphatic heterocycles. The molecule has 7 heteroatoms. The van der Waals surface area contributed by atoms with Crippen LogP contribution in [0.2, 0.25) is 5.02 Å². The molecule has 1 spiro atoms. The van der Waals surface area contributed by atoms with Gasteiger partial charge >= 0.3 is 0 Å². The SMILES string of the molecule is CC[C@@H](C)N1C(=O)[C@H]2[C@@H](C1=O)[C@@]1(N[C@@H]2CC(C)C)C(=O)Nc2c(Cl)cccc21. The number of likely N-dealkylation sites (tertiary alicyclic amines) is 1. The monoisotopic (exact) mass is 403 g/mol. The molecule has 2 saturated heterocycles. The van der Waals surface area contributed by atoms with Gasteiger partial charge in [0.2, 0.25) is 17.7 Å². The molecule has 3 heterocycles. The van der Waals surface area contributed by atoms with Gasteiger partial charge in [0.1, 0.15) is 5.54 Å². The molecule has 0 aromatic heterocycles. The average molecular weight is 404 g/mol. The molecular formula is C21H26ClN3O3. The van der Waals surface area contributed by atoms with Crippen molar-refractivity contribution in [1.82, 2.24) is 10.2 Å². The quantitative estimate of drug-likeness (QED) is 0.757. The number of carbonyl (C=O) groups is 3. The van der Waals surface area contributed by atoms with E-state index in [1.165, 1.54) is 4.90 Å². The lowest BCUT2D eigenvalue weighted by atomic mass is 9.76. The average Bonchev–Trinajstić information content (AvgIpc) is 3.21. The largest absolute Gasteiger partial charge is 0.323 e. The number of hydrogen-bond donors (Lipinski definition) is 2. The number of nitrogens with zero attached hydrogens (tertiary/aromatic N) is 1. The summed E-state index contributed by atoms with van der Waals surface area (Å²) in [7, 11) is 0. The minimum Gasteiger partial charge on any atom is -0.323 e. The number of amides is 3. The maximum absolute atomic E-state index is 13.5. The van der Waals surface area contributed by atoms with Gasteiger partial charge in [-0.15, -0.1) is 0 Å². The Morgan fingerprint density at radius 1 is 1.18 bits per heavy atom. The zero-order valence-electron chi connectivity index (χ0n) is 16.6. The predicted octanol–water partition coefficient (Wildman–Crippen LogP) is 2.91. The van der Waals surface area contributed by atoms with E-state index < -0.39 is 17.4 Å². The number of anilines is 1. The summed E-state index contributed by atoms with van der Waals surface area (Å²) in [6, 6.07) is 4.88. The molecule has 6 nitrogen and oxygen atoms in total. The van der Waals surface area contributed by atoms with E-state index in [2.05, 4.69) is 24.5 Å². The fraction of sp³-hybridized carbons (Fsp3) is 0.571. The van der Waals surface area contributed by atoms with Gasteiger partial charge < -0.3 is 5.32 Å². The summed E-state index contributed by atoms with van der Waals surface area (Å²) in [6.45, 7) is 7.99. The maximum atomic E-state index is 13.5. The van der Waals surface area contributed by atoms with Crippen LogP contribution < -0.4 is 10.6 Å². The molecule has 3 aliphatic rings. The van der Waals surface area contributed by atoms with Crippen LogP contribution in [0.15, 0.2) is 18.2 Å². The van der Waals surface area contributed by atoms with Crippen molar-refractivity contribution < 1.29 is 14.4 Å². The summed E-state index contributed by atoms with van der Waals surface area (Å²) in [5.41, 5.74) is -0.0503. The van der Waals surface area contributed by atoms with Crippen molar-refractivity contribution in [2.75, 3.05) is 5.32 Å². The molecule has 1 aromatic rings. The summed E-state index contributed by atoms with van der Waals surface area (Å²) >= 11 is 6.32. The number of para-hydroxylation sites is 1. The third kappa shape index (κ3) is 2.40. The highest BCUT2D eigenvalue weighted by atomic mass is 35.5. The first kappa shape index (κ1) is 19.4. The van der Waals surface area contributed by atoms with Gasteiger partial charge in [0, 0.05) is 17.6 Å². The normalized spacial score (nSPS) is 32.3. The minimum absolute atomic E-state index is 0.164. The fourth-order valence-electron chi connectivity index (χ4n) is 5.14. The Morgan fingerprint density at radius 2 is 1.89 bits per heavy atom. The van der Waals surface area contributed by atoms with Gasteiger partial charge in [0.25, 0.3) is 0 Å². The smallest absolute Gasteiger partial charge is 0.250 e. The summed E-state index contributed by atoms with van der Waals surface area (Å²) < 4.78 is 0. The van der Waals surface area contributed by atoms with Gasteiger partial charge in [0.15, 0.2) is 0 Å². The van der Waals surface area contributed by atoms with E-state index >= 15 is 0 Å². The first-order chi connectivity index (χ1) is 13.2. The lowest BCUT2D eigenvalue weighted by molar-refractivity contribution is -0.145. The van der Waals surface area contributed by atoms with Crippen molar-refractivity contribution in [1.29, 1.82) is 0 Å². The van der Waals surface area contributed by atoms with E-state index in [1.54, 1.807) is 12.1 Å². The molecule has 0 aliphatic carbocycles. The van der Waals surface area contributed by atoms with Gasteiger partial charge in [-0.2, -0.15) is 0 Å². The van der Waals surface area contributed by atoms with Crippen LogP contribution in [-0.2, 0) is 19.9 Å². The van der Waals surface area contributed by atoms with E-state index in [4.69, 9.17) is 11.6 Å². The van der Waals surface area contributed by atoms with Crippen molar-refractivity contribution in [2.24, 2.45) is 17.8 Å². The number of imide groups is 1. The number of hydrogen-bond acceptors (Lipinski definition) is 4. The van der Waals surface area contributed by atoms with Crippen LogP contribution >= 0.6 is 11.6 Å². The van der Waals surface area contributed by atoms with E-state index in [0.717, 1.165) is 0 Å². The second-order valence-electron chi connectivity index (χ2n) is 8.61. The first-order valence-corrected chi connectivity index (χ1v) is 10.4. The van der Waals surface area contributed by atoms with E-state index in [1.807, 2.05) is 19.9 Å². The molecule has 0 radical (unpaired) electrons. The Bertz CT molecular complexity index is 870. The Labute approximate surface area is 170 Å². The van der Waals surface area contributed by atoms with Gasteiger partial charge in [-0.1, -0.05) is 44.5 Å². The lowest BCUT2D eigenvalue weighted by Crippen LogP contribution is -2.54. The molecule has 0 unspecified atom stereocenters. The predicted molar refractivity (Wildman–Crippen MR) is 107 cm³/mol. The number of halogens is 1. The summed E-state index contributed by atoms with van der Waals surface area (Å²) in [4.78, 5) is 41.5. The van der Waals surface area contributed by atoms with Gasteiger partial charge in [-0.3, -0.25) is 24.6 Å². The van der Waals surface area contributed by atoms with Crippen LogP contribution in [-0.4, -0.2) is 34.7 Å². The molecular weight excluding hydrogens is 378 g/mol. The topological polar surface area (TPSA) is 78.5 Å². The number of benzene rings is 1. The number of carbonyl (C=O) groups excluding carboxylic acids is 3. The van der Waals surface area contributed by atoms with Crippen molar-refractivity contribution in [3.8, 4) is 0 Å². The molecule has 0 bridgehead atoms.